The van der Waals surface area contributed by atoms with Crippen molar-refractivity contribution in [2.45, 2.75) is 56.1 Å². The summed E-state index contributed by atoms with van der Waals surface area (Å²) in [6.07, 6.45) is 2.27. The van der Waals surface area contributed by atoms with E-state index in [1.807, 2.05) is 11.8 Å². The van der Waals surface area contributed by atoms with E-state index >= 15 is 0 Å². The number of nitrogens with one attached hydrogen (secondary N) is 2. The summed E-state index contributed by atoms with van der Waals surface area (Å²) in [4.78, 5) is 29.6. The number of fused-ring (bicyclic) bond motifs is 1. The molecular weight excluding hydrogens is 476 g/mol. The van der Waals surface area contributed by atoms with Gasteiger partial charge in [-0.25, -0.2) is 8.42 Å². The molecule has 2 aliphatic rings. The molecule has 0 saturated carbocycles. The van der Waals surface area contributed by atoms with Crippen LogP contribution in [0.25, 0.3) is 10.8 Å². The SMILES string of the molecule is CCNC1CCCN(C(=O)[C@H](C)N2CC[C@H](NS(=O)(=O)c3ccc4cc(Cl)ccc4c3)C2=O)C1. The van der Waals surface area contributed by atoms with E-state index in [2.05, 4.69) is 10.0 Å². The molecule has 0 aromatic heterocycles. The molecule has 1 unspecified atom stereocenters. The standard InChI is InChI=1S/C24H31ClN4O4S/c1-3-26-20-5-4-11-28(15-20)23(30)16(2)29-12-10-22(24(29)31)27-34(32,33)21-9-7-17-13-19(25)8-6-18(17)14-21/h6-9,13-14,16,20,22,26-27H,3-5,10-12,15H2,1-2H3/t16-,20?,22-/m0/s1. The quantitative estimate of drug-likeness (QED) is 0.600. The Morgan fingerprint density at radius 3 is 2.65 bits per heavy atom. The summed E-state index contributed by atoms with van der Waals surface area (Å²) >= 11 is 6.01. The van der Waals surface area contributed by atoms with Crippen LogP contribution in [-0.4, -0.2) is 74.3 Å². The van der Waals surface area contributed by atoms with Crippen LogP contribution in [0.4, 0.5) is 0 Å². The van der Waals surface area contributed by atoms with Gasteiger partial charge in [0.1, 0.15) is 12.1 Å². The minimum Gasteiger partial charge on any atom is -0.339 e. The van der Waals surface area contributed by atoms with Gasteiger partial charge in [-0.3, -0.25) is 9.59 Å². The van der Waals surface area contributed by atoms with E-state index < -0.39 is 22.1 Å². The zero-order chi connectivity index (χ0) is 24.5. The first kappa shape index (κ1) is 24.9. The maximum Gasteiger partial charge on any atom is 0.245 e. The second-order valence-corrected chi connectivity index (χ2v) is 11.2. The summed E-state index contributed by atoms with van der Waals surface area (Å²) in [6, 6.07) is 8.72. The highest BCUT2D eigenvalue weighted by Gasteiger charge is 2.40. The zero-order valence-electron chi connectivity index (χ0n) is 19.5. The third-order valence-corrected chi connectivity index (χ3v) is 8.38. The number of hydrogen-bond donors (Lipinski definition) is 2. The maximum absolute atomic E-state index is 13.1. The summed E-state index contributed by atoms with van der Waals surface area (Å²) in [5.74, 6) is -0.454. The van der Waals surface area contributed by atoms with Crippen LogP contribution in [-0.2, 0) is 19.6 Å². The Bertz CT molecular complexity index is 1190. The molecule has 2 aromatic carbocycles. The molecule has 2 amide bonds. The normalized spacial score (nSPS) is 22.4. The molecule has 2 fully saturated rings. The number of halogens is 1. The maximum atomic E-state index is 13.1. The fourth-order valence-corrected chi connectivity index (χ4v) is 6.28. The molecule has 2 aliphatic heterocycles. The molecule has 2 N–H and O–H groups in total. The monoisotopic (exact) mass is 506 g/mol. The lowest BCUT2D eigenvalue weighted by atomic mass is 10.0. The predicted molar refractivity (Wildman–Crippen MR) is 132 cm³/mol. The van der Waals surface area contributed by atoms with Crippen LogP contribution in [0.2, 0.25) is 5.02 Å². The van der Waals surface area contributed by atoms with Crippen molar-refractivity contribution in [1.29, 1.82) is 0 Å². The molecule has 2 saturated heterocycles. The van der Waals surface area contributed by atoms with E-state index in [4.69, 9.17) is 11.6 Å². The fourth-order valence-electron chi connectivity index (χ4n) is 4.84. The van der Waals surface area contributed by atoms with Crippen molar-refractivity contribution in [3.8, 4) is 0 Å². The molecule has 3 atom stereocenters. The fraction of sp³-hybridized carbons (Fsp3) is 0.500. The molecule has 184 valence electrons. The number of piperidine rings is 1. The average Bonchev–Trinajstić information content (AvgIpc) is 3.17. The van der Waals surface area contributed by atoms with Gasteiger partial charge in [0.25, 0.3) is 0 Å². The van der Waals surface area contributed by atoms with E-state index in [9.17, 15) is 18.0 Å². The van der Waals surface area contributed by atoms with Gasteiger partial charge in [-0.15, -0.1) is 0 Å². The van der Waals surface area contributed by atoms with Crippen molar-refractivity contribution in [2.75, 3.05) is 26.2 Å². The van der Waals surface area contributed by atoms with Gasteiger partial charge in [-0.1, -0.05) is 30.7 Å². The van der Waals surface area contributed by atoms with Gasteiger partial charge < -0.3 is 15.1 Å². The number of likely N-dealkylation sites (tertiary alicyclic amines) is 2. The number of amides is 2. The third-order valence-electron chi connectivity index (χ3n) is 6.67. The summed E-state index contributed by atoms with van der Waals surface area (Å²) in [6.45, 7) is 6.25. The van der Waals surface area contributed by atoms with E-state index in [-0.39, 0.29) is 22.8 Å². The average molecular weight is 507 g/mol. The molecule has 4 rings (SSSR count). The van der Waals surface area contributed by atoms with Crippen LogP contribution in [0, 0.1) is 0 Å². The Kier molecular flexibility index (Phi) is 7.47. The highest BCUT2D eigenvalue weighted by Crippen LogP contribution is 2.24. The lowest BCUT2D eigenvalue weighted by Gasteiger charge is -2.36. The number of rotatable bonds is 7. The van der Waals surface area contributed by atoms with Gasteiger partial charge in [0.2, 0.25) is 21.8 Å². The van der Waals surface area contributed by atoms with Gasteiger partial charge in [0.05, 0.1) is 4.90 Å². The van der Waals surface area contributed by atoms with E-state index in [1.165, 1.54) is 11.0 Å². The minimum absolute atomic E-state index is 0.0838. The smallest absolute Gasteiger partial charge is 0.245 e. The van der Waals surface area contributed by atoms with E-state index in [0.717, 1.165) is 30.2 Å². The number of benzene rings is 2. The Hall–Kier alpha value is -2.20. The molecule has 10 heteroatoms. The lowest BCUT2D eigenvalue weighted by Crippen LogP contribution is -2.54. The minimum atomic E-state index is -3.92. The molecule has 8 nitrogen and oxygen atoms in total. The van der Waals surface area contributed by atoms with Crippen molar-refractivity contribution in [1.82, 2.24) is 19.8 Å². The van der Waals surface area contributed by atoms with Gasteiger partial charge in [0.15, 0.2) is 0 Å². The first-order valence-electron chi connectivity index (χ1n) is 11.7. The first-order chi connectivity index (χ1) is 16.2. The number of likely N-dealkylation sites (N-methyl/N-ethyl adjacent to an activating group) is 1. The molecular formula is C24H31ClN4O4S. The Morgan fingerprint density at radius 2 is 1.88 bits per heavy atom. The van der Waals surface area contributed by atoms with Gasteiger partial charge >= 0.3 is 0 Å². The first-order valence-corrected chi connectivity index (χ1v) is 13.6. The van der Waals surface area contributed by atoms with Crippen molar-refractivity contribution < 1.29 is 18.0 Å². The van der Waals surface area contributed by atoms with Crippen molar-refractivity contribution >= 4 is 44.2 Å². The summed E-state index contributed by atoms with van der Waals surface area (Å²) in [5.41, 5.74) is 0. The molecule has 2 aromatic rings. The van der Waals surface area contributed by atoms with Crippen LogP contribution in [0.1, 0.15) is 33.1 Å². The molecule has 0 bridgehead atoms. The summed E-state index contributed by atoms with van der Waals surface area (Å²) in [7, 11) is -3.92. The Labute approximate surface area is 205 Å². The van der Waals surface area contributed by atoms with Crippen molar-refractivity contribution in [3.05, 3.63) is 41.4 Å². The summed E-state index contributed by atoms with van der Waals surface area (Å²) in [5, 5.41) is 5.53. The number of nitrogens with zero attached hydrogens (tertiary/aromatic N) is 2. The molecule has 0 spiro atoms. The van der Waals surface area contributed by atoms with E-state index in [1.54, 1.807) is 37.3 Å². The molecule has 2 heterocycles. The Balaban J connectivity index is 1.42. The number of sulfonamides is 1. The molecule has 0 radical (unpaired) electrons. The van der Waals surface area contributed by atoms with Crippen LogP contribution in [0.5, 0.6) is 0 Å². The Morgan fingerprint density at radius 1 is 1.15 bits per heavy atom. The highest BCUT2D eigenvalue weighted by molar-refractivity contribution is 7.89. The van der Waals surface area contributed by atoms with Gasteiger partial charge in [-0.05, 0) is 67.8 Å². The highest BCUT2D eigenvalue weighted by atomic mass is 35.5. The van der Waals surface area contributed by atoms with Gasteiger partial charge in [-0.2, -0.15) is 4.72 Å². The van der Waals surface area contributed by atoms with Crippen LogP contribution < -0.4 is 10.0 Å². The molecule has 34 heavy (non-hydrogen) atoms. The van der Waals surface area contributed by atoms with Crippen molar-refractivity contribution in [2.24, 2.45) is 0 Å². The second-order valence-electron chi connectivity index (χ2n) is 9.00. The predicted octanol–water partition coefficient (Wildman–Crippen LogP) is 2.36. The van der Waals surface area contributed by atoms with Crippen LogP contribution in [0.3, 0.4) is 0 Å². The summed E-state index contributed by atoms with van der Waals surface area (Å²) < 4.78 is 28.6. The van der Waals surface area contributed by atoms with Crippen LogP contribution in [0.15, 0.2) is 41.3 Å². The number of carbonyl (C=O) groups is 2. The third kappa shape index (κ3) is 5.22. The van der Waals surface area contributed by atoms with Gasteiger partial charge in [0, 0.05) is 30.7 Å². The van der Waals surface area contributed by atoms with Crippen LogP contribution >= 0.6 is 11.6 Å². The number of hydrogen-bond acceptors (Lipinski definition) is 5. The molecule has 0 aliphatic carbocycles. The number of carbonyl (C=O) groups excluding carboxylic acids is 2. The second kappa shape index (κ2) is 10.2. The zero-order valence-corrected chi connectivity index (χ0v) is 21.0. The van der Waals surface area contributed by atoms with Crippen molar-refractivity contribution in [3.63, 3.8) is 0 Å². The largest absolute Gasteiger partial charge is 0.339 e. The van der Waals surface area contributed by atoms with E-state index in [0.29, 0.717) is 31.1 Å². The topological polar surface area (TPSA) is 98.8 Å². The lowest BCUT2D eigenvalue weighted by molar-refractivity contribution is -0.144.